The second-order valence-electron chi connectivity index (χ2n) is 6.22. The van der Waals surface area contributed by atoms with Crippen LogP contribution in [-0.4, -0.2) is 27.0 Å². The fourth-order valence-corrected chi connectivity index (χ4v) is 3.56. The third kappa shape index (κ3) is 3.07. The van der Waals surface area contributed by atoms with Crippen molar-refractivity contribution < 1.29 is 13.2 Å². The lowest BCUT2D eigenvalue weighted by molar-refractivity contribution is -0.183. The second kappa shape index (κ2) is 5.59. The standard InChI is InChI=1S/C14H21F3N4/c1-9(13-20-19-12-6-3-7-21(12)13)18-11-5-2-4-10(8-11)14(15,16)17/h9-11,18H,2-8H2,1H3. The highest BCUT2D eigenvalue weighted by molar-refractivity contribution is 5.04. The molecule has 1 saturated carbocycles. The Hall–Kier alpha value is -1.11. The molecule has 3 unspecified atom stereocenters. The molecule has 0 bridgehead atoms. The van der Waals surface area contributed by atoms with Crippen LogP contribution in [0.5, 0.6) is 0 Å². The summed E-state index contributed by atoms with van der Waals surface area (Å²) >= 11 is 0. The van der Waals surface area contributed by atoms with Gasteiger partial charge in [-0.3, -0.25) is 0 Å². The summed E-state index contributed by atoms with van der Waals surface area (Å²) in [5.74, 6) is 0.687. The maximum absolute atomic E-state index is 12.9. The maximum Gasteiger partial charge on any atom is 0.391 e. The molecule has 2 aliphatic rings. The number of nitrogens with zero attached hydrogens (tertiary/aromatic N) is 3. The van der Waals surface area contributed by atoms with Gasteiger partial charge in [0.05, 0.1) is 12.0 Å². The van der Waals surface area contributed by atoms with Crippen molar-refractivity contribution in [3.63, 3.8) is 0 Å². The van der Waals surface area contributed by atoms with E-state index in [2.05, 4.69) is 20.1 Å². The van der Waals surface area contributed by atoms with Crippen molar-refractivity contribution in [2.24, 2.45) is 5.92 Å². The maximum atomic E-state index is 12.9. The summed E-state index contributed by atoms with van der Waals surface area (Å²) in [6, 6.07) is -0.143. The molecule has 1 aliphatic carbocycles. The number of halogens is 3. The topological polar surface area (TPSA) is 42.7 Å². The molecule has 0 amide bonds. The average Bonchev–Trinajstić information content (AvgIpc) is 2.99. The van der Waals surface area contributed by atoms with Crippen LogP contribution >= 0.6 is 0 Å². The molecule has 1 aromatic heterocycles. The zero-order valence-corrected chi connectivity index (χ0v) is 12.2. The summed E-state index contributed by atoms with van der Waals surface area (Å²) in [6.07, 6.45) is -0.182. The van der Waals surface area contributed by atoms with Gasteiger partial charge in [-0.2, -0.15) is 13.2 Å². The minimum Gasteiger partial charge on any atom is -0.314 e. The van der Waals surface area contributed by atoms with Crippen molar-refractivity contribution >= 4 is 0 Å². The Morgan fingerprint density at radius 1 is 1.24 bits per heavy atom. The Labute approximate surface area is 122 Å². The van der Waals surface area contributed by atoms with Gasteiger partial charge in [-0.05, 0) is 32.6 Å². The molecule has 0 radical (unpaired) electrons. The molecule has 4 nitrogen and oxygen atoms in total. The van der Waals surface area contributed by atoms with Gasteiger partial charge in [0.15, 0.2) is 0 Å². The molecular weight excluding hydrogens is 281 g/mol. The van der Waals surface area contributed by atoms with Crippen LogP contribution in [0, 0.1) is 5.92 Å². The summed E-state index contributed by atoms with van der Waals surface area (Å²) in [5, 5.41) is 11.7. The van der Waals surface area contributed by atoms with Crippen LogP contribution in [0.4, 0.5) is 13.2 Å². The Balaban J connectivity index is 1.63. The van der Waals surface area contributed by atoms with Crippen LogP contribution in [-0.2, 0) is 13.0 Å². The van der Waals surface area contributed by atoms with Gasteiger partial charge < -0.3 is 9.88 Å². The zero-order chi connectivity index (χ0) is 15.0. The van der Waals surface area contributed by atoms with Gasteiger partial charge in [0, 0.05) is 19.0 Å². The van der Waals surface area contributed by atoms with E-state index in [1.807, 2.05) is 6.92 Å². The van der Waals surface area contributed by atoms with E-state index < -0.39 is 12.1 Å². The number of aryl methyl sites for hydroxylation is 1. The van der Waals surface area contributed by atoms with Crippen molar-refractivity contribution in [1.82, 2.24) is 20.1 Å². The van der Waals surface area contributed by atoms with E-state index in [1.165, 1.54) is 0 Å². The molecule has 0 spiro atoms. The van der Waals surface area contributed by atoms with Crippen molar-refractivity contribution in [2.75, 3.05) is 0 Å². The van der Waals surface area contributed by atoms with Gasteiger partial charge in [0.1, 0.15) is 11.6 Å². The van der Waals surface area contributed by atoms with Crippen LogP contribution in [0.2, 0.25) is 0 Å². The fourth-order valence-electron chi connectivity index (χ4n) is 3.56. The number of hydrogen-bond donors (Lipinski definition) is 1. The molecule has 7 heteroatoms. The lowest BCUT2D eigenvalue weighted by Gasteiger charge is -2.32. The van der Waals surface area contributed by atoms with E-state index in [0.717, 1.165) is 37.5 Å². The summed E-state index contributed by atoms with van der Waals surface area (Å²) in [4.78, 5) is 0. The lowest BCUT2D eigenvalue weighted by Crippen LogP contribution is -2.40. The largest absolute Gasteiger partial charge is 0.391 e. The smallest absolute Gasteiger partial charge is 0.314 e. The molecule has 3 atom stereocenters. The average molecular weight is 302 g/mol. The van der Waals surface area contributed by atoms with Crippen LogP contribution in [0.25, 0.3) is 0 Å². The Bertz CT molecular complexity index is 497. The summed E-state index contributed by atoms with van der Waals surface area (Å²) < 4.78 is 40.7. The molecule has 2 heterocycles. The third-order valence-electron chi connectivity index (χ3n) is 4.65. The predicted molar refractivity (Wildman–Crippen MR) is 71.7 cm³/mol. The number of aromatic nitrogens is 3. The van der Waals surface area contributed by atoms with E-state index in [1.54, 1.807) is 0 Å². The number of nitrogens with one attached hydrogen (secondary N) is 1. The van der Waals surface area contributed by atoms with Gasteiger partial charge in [0.25, 0.3) is 0 Å². The first-order chi connectivity index (χ1) is 9.95. The lowest BCUT2D eigenvalue weighted by atomic mass is 9.85. The van der Waals surface area contributed by atoms with Gasteiger partial charge in [-0.1, -0.05) is 6.42 Å². The van der Waals surface area contributed by atoms with Gasteiger partial charge in [-0.15, -0.1) is 10.2 Å². The first-order valence-corrected chi connectivity index (χ1v) is 7.70. The van der Waals surface area contributed by atoms with E-state index in [-0.39, 0.29) is 24.9 Å². The Morgan fingerprint density at radius 3 is 2.81 bits per heavy atom. The molecular formula is C14H21F3N4. The molecule has 1 aromatic rings. The van der Waals surface area contributed by atoms with Gasteiger partial charge in [0.2, 0.25) is 0 Å². The highest BCUT2D eigenvalue weighted by Gasteiger charge is 2.42. The number of alkyl halides is 3. The monoisotopic (exact) mass is 302 g/mol. The SMILES string of the molecule is CC(NC1CCCC(C(F)(F)F)C1)c1nnc2n1CCC2. The Morgan fingerprint density at radius 2 is 2.05 bits per heavy atom. The normalized spacial score (nSPS) is 27.6. The van der Waals surface area contributed by atoms with E-state index in [9.17, 15) is 13.2 Å². The minimum atomic E-state index is -4.07. The quantitative estimate of drug-likeness (QED) is 0.933. The molecule has 0 saturated heterocycles. The summed E-state index contributed by atoms with van der Waals surface area (Å²) in [7, 11) is 0. The van der Waals surface area contributed by atoms with Gasteiger partial charge >= 0.3 is 6.18 Å². The van der Waals surface area contributed by atoms with E-state index in [0.29, 0.717) is 6.42 Å². The van der Waals surface area contributed by atoms with Crippen LogP contribution in [0.15, 0.2) is 0 Å². The molecule has 118 valence electrons. The molecule has 1 aliphatic heterocycles. The highest BCUT2D eigenvalue weighted by atomic mass is 19.4. The Kier molecular flexibility index (Phi) is 3.94. The summed E-state index contributed by atoms with van der Waals surface area (Å²) in [5.41, 5.74) is 0. The fraction of sp³-hybridized carbons (Fsp3) is 0.857. The van der Waals surface area contributed by atoms with E-state index >= 15 is 0 Å². The van der Waals surface area contributed by atoms with Gasteiger partial charge in [-0.25, -0.2) is 0 Å². The van der Waals surface area contributed by atoms with Crippen LogP contribution in [0.3, 0.4) is 0 Å². The number of fused-ring (bicyclic) bond motifs is 1. The van der Waals surface area contributed by atoms with Crippen molar-refractivity contribution in [3.8, 4) is 0 Å². The van der Waals surface area contributed by atoms with Crippen LogP contribution < -0.4 is 5.32 Å². The van der Waals surface area contributed by atoms with Crippen LogP contribution in [0.1, 0.15) is 56.7 Å². The molecule has 1 fully saturated rings. The first-order valence-electron chi connectivity index (χ1n) is 7.70. The molecule has 3 rings (SSSR count). The van der Waals surface area contributed by atoms with Crippen molar-refractivity contribution in [1.29, 1.82) is 0 Å². The number of hydrogen-bond acceptors (Lipinski definition) is 3. The molecule has 0 aromatic carbocycles. The number of rotatable bonds is 3. The highest BCUT2D eigenvalue weighted by Crippen LogP contribution is 2.38. The third-order valence-corrected chi connectivity index (χ3v) is 4.65. The van der Waals surface area contributed by atoms with Crippen molar-refractivity contribution in [3.05, 3.63) is 11.6 Å². The first kappa shape index (κ1) is 14.8. The summed E-state index contributed by atoms with van der Waals surface area (Å²) in [6.45, 7) is 2.88. The van der Waals surface area contributed by atoms with E-state index in [4.69, 9.17) is 0 Å². The second-order valence-corrected chi connectivity index (χ2v) is 6.22. The molecule has 21 heavy (non-hydrogen) atoms. The predicted octanol–water partition coefficient (Wildman–Crippen LogP) is 3.00. The minimum absolute atomic E-state index is 0.0543. The van der Waals surface area contributed by atoms with Crippen molar-refractivity contribution in [2.45, 2.75) is 70.3 Å². The zero-order valence-electron chi connectivity index (χ0n) is 12.2. The molecule has 1 N–H and O–H groups in total.